The second-order valence-electron chi connectivity index (χ2n) is 21.1. The minimum Gasteiger partial charge on any atom is -0.484 e. The van der Waals surface area contributed by atoms with Crippen molar-refractivity contribution in [3.05, 3.63) is 71.8 Å². The van der Waals surface area contributed by atoms with Gasteiger partial charge in [0.1, 0.15) is 23.9 Å². The van der Waals surface area contributed by atoms with Crippen molar-refractivity contribution in [3.8, 4) is 5.75 Å². The average Bonchev–Trinajstić information content (AvgIpc) is 4.30. The summed E-state index contributed by atoms with van der Waals surface area (Å²) in [5, 5.41) is 21.1. The topological polar surface area (TPSA) is 206 Å². The number of carbonyl (C=O) groups excluding carboxylic acids is 1. The number of ether oxygens (including phenoxy) is 9. The highest BCUT2D eigenvalue weighted by atomic mass is 19.3. The monoisotopic (exact) mass is 1130 g/mol. The summed E-state index contributed by atoms with van der Waals surface area (Å²) in [6.45, 7) is 20.2. The number of nitrogens with zero attached hydrogens (tertiary/aromatic N) is 10. The maximum Gasteiger partial charge on any atom is 0.248 e. The summed E-state index contributed by atoms with van der Waals surface area (Å²) in [7, 11) is 0. The number of anilines is 1. The minimum absolute atomic E-state index is 0.114. The Kier molecular flexibility index (Phi) is 27.1. The zero-order chi connectivity index (χ0) is 56.2. The van der Waals surface area contributed by atoms with Gasteiger partial charge in [0.05, 0.1) is 130 Å². The summed E-state index contributed by atoms with van der Waals surface area (Å²) in [4.78, 5) is 27.6. The van der Waals surface area contributed by atoms with Gasteiger partial charge in [-0.05, 0) is 77.7 Å². The van der Waals surface area contributed by atoms with Crippen LogP contribution in [-0.4, -0.2) is 194 Å². The quantitative estimate of drug-likeness (QED) is 0.0447. The first-order chi connectivity index (χ1) is 39.1. The maximum absolute atomic E-state index is 13.9. The number of aromatic nitrogens is 8. The van der Waals surface area contributed by atoms with Crippen LogP contribution in [0.4, 0.5) is 14.7 Å². The van der Waals surface area contributed by atoms with Gasteiger partial charge in [-0.3, -0.25) is 9.69 Å². The van der Waals surface area contributed by atoms with E-state index in [1.807, 2.05) is 43.5 Å². The van der Waals surface area contributed by atoms with Crippen LogP contribution in [0.1, 0.15) is 126 Å². The van der Waals surface area contributed by atoms with Gasteiger partial charge in [0, 0.05) is 69.0 Å². The number of benzene rings is 1. The molecule has 1 aliphatic carbocycles. The predicted molar refractivity (Wildman–Crippen MR) is 295 cm³/mol. The molecular formula is C57H89F2N11O10. The Labute approximate surface area is 471 Å². The Morgan fingerprint density at radius 1 is 0.738 bits per heavy atom. The molecule has 23 heteroatoms. The normalized spacial score (nSPS) is 19.5. The maximum atomic E-state index is 13.9. The number of aryl methyl sites for hydroxylation is 1. The van der Waals surface area contributed by atoms with E-state index in [1.165, 1.54) is 0 Å². The van der Waals surface area contributed by atoms with Crippen LogP contribution in [0.15, 0.2) is 48.9 Å². The second-order valence-corrected chi connectivity index (χ2v) is 21.1. The molecule has 4 aromatic rings. The SMILES string of the molecule is CCCOCCOCCOCCOCCOCCOCCOCCOCCn1cc(COc2cnc(N3CCC(c4nnc(C)n4C(C)CC4CCC(C)N4CCC(NC(=O)C4CCC(F)(F)CC4)c4ccccc4)C3)nc2)nn1. The average molecular weight is 1130 g/mol. The third kappa shape index (κ3) is 21.2. The van der Waals surface area contributed by atoms with Crippen LogP contribution in [-0.2, 0) is 55.8 Å². The Morgan fingerprint density at radius 3 is 1.93 bits per heavy atom. The van der Waals surface area contributed by atoms with E-state index in [2.05, 4.69) is 65.8 Å². The number of amides is 1. The molecule has 5 heterocycles. The van der Waals surface area contributed by atoms with Crippen molar-refractivity contribution in [2.45, 2.75) is 141 Å². The number of hydrogen-bond acceptors (Lipinski definition) is 18. The van der Waals surface area contributed by atoms with E-state index in [0.29, 0.717) is 135 Å². The first-order valence-electron chi connectivity index (χ1n) is 29.2. The molecule has 80 heavy (non-hydrogen) atoms. The molecule has 5 atom stereocenters. The third-order valence-electron chi connectivity index (χ3n) is 15.0. The van der Waals surface area contributed by atoms with Gasteiger partial charge >= 0.3 is 0 Å². The molecule has 446 valence electrons. The van der Waals surface area contributed by atoms with Crippen LogP contribution in [0.25, 0.3) is 0 Å². The molecule has 3 aromatic heterocycles. The molecule has 7 rings (SSSR count). The number of nitrogens with one attached hydrogen (secondary N) is 1. The van der Waals surface area contributed by atoms with Gasteiger partial charge in [0.25, 0.3) is 0 Å². The van der Waals surface area contributed by atoms with E-state index in [-0.39, 0.29) is 62.1 Å². The summed E-state index contributed by atoms with van der Waals surface area (Å²) < 4.78 is 82.1. The van der Waals surface area contributed by atoms with Gasteiger partial charge in [0.2, 0.25) is 17.8 Å². The van der Waals surface area contributed by atoms with Crippen molar-refractivity contribution in [3.63, 3.8) is 0 Å². The molecule has 1 saturated carbocycles. The Bertz CT molecular complexity index is 2310. The minimum atomic E-state index is -2.67. The molecule has 1 aromatic carbocycles. The predicted octanol–water partition coefficient (Wildman–Crippen LogP) is 6.96. The van der Waals surface area contributed by atoms with Crippen LogP contribution in [0, 0.1) is 12.8 Å². The fraction of sp³-hybridized carbons (Fsp3) is 0.737. The highest BCUT2D eigenvalue weighted by Gasteiger charge is 2.39. The van der Waals surface area contributed by atoms with Gasteiger partial charge in [-0.1, -0.05) is 42.5 Å². The largest absolute Gasteiger partial charge is 0.484 e. The van der Waals surface area contributed by atoms with Crippen molar-refractivity contribution in [1.29, 1.82) is 0 Å². The summed E-state index contributed by atoms with van der Waals surface area (Å²) in [6, 6.07) is 10.8. The second kappa shape index (κ2) is 34.6. The number of alkyl halides is 2. The summed E-state index contributed by atoms with van der Waals surface area (Å²) >= 11 is 0. The third-order valence-corrected chi connectivity index (χ3v) is 15.0. The van der Waals surface area contributed by atoms with Gasteiger partial charge in [-0.15, -0.1) is 15.3 Å². The fourth-order valence-corrected chi connectivity index (χ4v) is 10.7. The van der Waals surface area contributed by atoms with Crippen molar-refractivity contribution in [1.82, 2.24) is 49.9 Å². The molecule has 0 spiro atoms. The Morgan fingerprint density at radius 2 is 1.32 bits per heavy atom. The Hall–Kier alpha value is -4.85. The molecule has 3 fully saturated rings. The van der Waals surface area contributed by atoms with Crippen molar-refractivity contribution in [2.75, 3.05) is 130 Å². The lowest BCUT2D eigenvalue weighted by Gasteiger charge is -2.33. The highest BCUT2D eigenvalue weighted by Crippen LogP contribution is 2.38. The first kappa shape index (κ1) is 62.7. The van der Waals surface area contributed by atoms with Crippen molar-refractivity contribution < 1.29 is 56.2 Å². The van der Waals surface area contributed by atoms with Crippen LogP contribution in [0.5, 0.6) is 5.75 Å². The molecule has 21 nitrogen and oxygen atoms in total. The molecule has 0 radical (unpaired) electrons. The van der Waals surface area contributed by atoms with E-state index >= 15 is 0 Å². The van der Waals surface area contributed by atoms with Crippen LogP contribution in [0.3, 0.4) is 0 Å². The van der Waals surface area contributed by atoms with Gasteiger partial charge in [0.15, 0.2) is 5.75 Å². The summed E-state index contributed by atoms with van der Waals surface area (Å²) in [5.74, 6) is 0.0735. The number of rotatable bonds is 40. The molecule has 2 saturated heterocycles. The fourth-order valence-electron chi connectivity index (χ4n) is 10.7. The van der Waals surface area contributed by atoms with Crippen LogP contribution < -0.4 is 15.0 Å². The van der Waals surface area contributed by atoms with Gasteiger partial charge < -0.3 is 57.4 Å². The lowest BCUT2D eigenvalue weighted by molar-refractivity contribution is -0.130. The lowest BCUT2D eigenvalue weighted by Crippen LogP contribution is -2.41. The molecule has 5 unspecified atom stereocenters. The number of carbonyl (C=O) groups is 1. The van der Waals surface area contributed by atoms with Crippen LogP contribution in [0.2, 0.25) is 0 Å². The zero-order valence-electron chi connectivity index (χ0n) is 47.8. The van der Waals surface area contributed by atoms with E-state index in [0.717, 1.165) is 82.0 Å². The summed E-state index contributed by atoms with van der Waals surface area (Å²) in [6.07, 6.45) is 11.0. The first-order valence-corrected chi connectivity index (χ1v) is 29.2. The van der Waals surface area contributed by atoms with Crippen molar-refractivity contribution >= 4 is 11.9 Å². The number of likely N-dealkylation sites (tertiary alicyclic amines) is 1. The number of halogens is 2. The molecule has 0 bridgehead atoms. The standard InChI is InChI=1S/C57H89F2N11O10/c1-5-22-72-24-26-74-28-30-76-32-34-78-36-37-79-35-33-77-31-29-75-27-25-73-23-21-68-42-50(64-66-68)43-80-52-39-60-56(61-40-52)67-19-15-49(41-67)54-65-63-46(4)70(54)45(3)38-51-12-11-44(2)69(51)20-16-53(47-9-7-6-8-10-47)62-55(71)48-13-17-57(58,59)18-14-48/h6-10,39-40,42,44-45,48-49,51,53H,5,11-38,41,43H2,1-4H3,(H,62,71). The smallest absolute Gasteiger partial charge is 0.248 e. The molecule has 1 N–H and O–H groups in total. The molecule has 2 aliphatic heterocycles. The Balaban J connectivity index is 0.729. The molecular weight excluding hydrogens is 1040 g/mol. The zero-order valence-corrected chi connectivity index (χ0v) is 47.8. The van der Waals surface area contributed by atoms with Crippen molar-refractivity contribution in [2.24, 2.45) is 5.92 Å². The molecule has 3 aliphatic rings. The van der Waals surface area contributed by atoms with E-state index in [4.69, 9.17) is 47.7 Å². The number of hydrogen-bond donors (Lipinski definition) is 1. The summed E-state index contributed by atoms with van der Waals surface area (Å²) in [5.41, 5.74) is 1.72. The van der Waals surface area contributed by atoms with E-state index < -0.39 is 5.92 Å². The lowest BCUT2D eigenvalue weighted by atomic mass is 9.86. The highest BCUT2D eigenvalue weighted by molar-refractivity contribution is 5.79. The van der Waals surface area contributed by atoms with Gasteiger partial charge in [-0.2, -0.15) is 0 Å². The van der Waals surface area contributed by atoms with E-state index in [9.17, 15) is 13.6 Å². The van der Waals surface area contributed by atoms with Gasteiger partial charge in [-0.25, -0.2) is 23.4 Å². The molecule has 1 amide bonds. The van der Waals surface area contributed by atoms with E-state index in [1.54, 1.807) is 17.1 Å². The van der Waals surface area contributed by atoms with Crippen LogP contribution >= 0.6 is 0 Å².